The number of benzene rings is 1. The lowest BCUT2D eigenvalue weighted by Gasteiger charge is -2.27. The lowest BCUT2D eigenvalue weighted by atomic mass is 9.91. The summed E-state index contributed by atoms with van der Waals surface area (Å²) in [6.45, 7) is 12.9. The van der Waals surface area contributed by atoms with E-state index in [1.807, 2.05) is 19.1 Å². The van der Waals surface area contributed by atoms with Crippen molar-refractivity contribution in [2.75, 3.05) is 19.6 Å². The molecule has 1 aromatic carbocycles. The molecule has 0 saturated carbocycles. The largest absolute Gasteiger partial charge is 0.353 e. The van der Waals surface area contributed by atoms with Crippen molar-refractivity contribution in [2.45, 2.75) is 84.6 Å². The number of aromatic nitrogens is 1. The molecule has 0 spiro atoms. The molecule has 6 nitrogen and oxygen atoms in total. The molecule has 3 rings (SSSR count). The normalized spacial score (nSPS) is 16.3. The highest BCUT2D eigenvalue weighted by molar-refractivity contribution is 7.18. The van der Waals surface area contributed by atoms with E-state index in [1.165, 1.54) is 24.2 Å². The van der Waals surface area contributed by atoms with E-state index in [0.29, 0.717) is 42.8 Å². The standard InChI is InChI=1S/C30H42ClN3O3S/c1-5-9-24(35)16-22(17-29-32-26-11-10-23(31)18-28(26)38-29)30(37)33-25(20(3)6-2)12-13-27(36)21(4)19-34-14-7-8-15-34/h10-11,18,20,22,25H,4-9,12-17,19H2,1-3H3,(H,33,37)/t20-,22-,25+/m0/s1. The predicted molar refractivity (Wildman–Crippen MR) is 157 cm³/mol. The summed E-state index contributed by atoms with van der Waals surface area (Å²) in [5, 5.41) is 4.69. The number of carbonyl (C=O) groups is 3. The van der Waals surface area contributed by atoms with Gasteiger partial charge in [0.1, 0.15) is 5.78 Å². The molecule has 3 atom stereocenters. The lowest BCUT2D eigenvalue weighted by molar-refractivity contribution is -0.130. The van der Waals surface area contributed by atoms with E-state index in [-0.39, 0.29) is 35.9 Å². The van der Waals surface area contributed by atoms with Gasteiger partial charge in [0.15, 0.2) is 5.78 Å². The number of amides is 1. The number of fused-ring (bicyclic) bond motifs is 1. The van der Waals surface area contributed by atoms with Crippen LogP contribution < -0.4 is 5.32 Å². The number of nitrogens with one attached hydrogen (secondary N) is 1. The number of halogens is 1. The molecule has 8 heteroatoms. The number of likely N-dealkylation sites (tertiary alicyclic amines) is 1. The molecule has 2 heterocycles. The van der Waals surface area contributed by atoms with Crippen LogP contribution in [0.15, 0.2) is 30.4 Å². The maximum Gasteiger partial charge on any atom is 0.224 e. The summed E-state index contributed by atoms with van der Waals surface area (Å²) >= 11 is 7.65. The van der Waals surface area contributed by atoms with Crippen LogP contribution in [0.2, 0.25) is 5.02 Å². The highest BCUT2D eigenvalue weighted by Crippen LogP contribution is 2.28. The van der Waals surface area contributed by atoms with Gasteiger partial charge in [0.2, 0.25) is 5.91 Å². The number of carbonyl (C=O) groups excluding carboxylic acids is 3. The Labute approximate surface area is 236 Å². The van der Waals surface area contributed by atoms with Gasteiger partial charge in [-0.15, -0.1) is 11.3 Å². The van der Waals surface area contributed by atoms with E-state index >= 15 is 0 Å². The topological polar surface area (TPSA) is 79.4 Å². The first-order chi connectivity index (χ1) is 18.2. The predicted octanol–water partition coefficient (Wildman–Crippen LogP) is 6.40. The van der Waals surface area contributed by atoms with Gasteiger partial charge in [-0.3, -0.25) is 19.3 Å². The van der Waals surface area contributed by atoms with Crippen molar-refractivity contribution in [3.63, 3.8) is 0 Å². The summed E-state index contributed by atoms with van der Waals surface area (Å²) in [5.41, 5.74) is 1.50. The average Bonchev–Trinajstić information content (AvgIpc) is 3.54. The van der Waals surface area contributed by atoms with Crippen LogP contribution in [0.3, 0.4) is 0 Å². The van der Waals surface area contributed by atoms with Crippen molar-refractivity contribution in [1.29, 1.82) is 0 Å². The van der Waals surface area contributed by atoms with E-state index in [9.17, 15) is 14.4 Å². The number of rotatable bonds is 16. The fourth-order valence-electron chi connectivity index (χ4n) is 5.00. The van der Waals surface area contributed by atoms with Crippen LogP contribution in [-0.4, -0.2) is 53.0 Å². The van der Waals surface area contributed by atoms with Crippen LogP contribution in [0, 0.1) is 11.8 Å². The second-order valence-electron chi connectivity index (χ2n) is 10.7. The molecule has 1 fully saturated rings. The van der Waals surface area contributed by atoms with E-state index < -0.39 is 5.92 Å². The van der Waals surface area contributed by atoms with Gasteiger partial charge in [0.25, 0.3) is 0 Å². The lowest BCUT2D eigenvalue weighted by Crippen LogP contribution is -2.43. The Morgan fingerprint density at radius 3 is 2.61 bits per heavy atom. The fraction of sp³-hybridized carbons (Fsp3) is 0.600. The maximum atomic E-state index is 13.6. The fourth-order valence-corrected chi connectivity index (χ4v) is 6.33. The molecule has 38 heavy (non-hydrogen) atoms. The Bertz CT molecular complexity index is 1130. The van der Waals surface area contributed by atoms with Crippen LogP contribution in [0.25, 0.3) is 10.2 Å². The van der Waals surface area contributed by atoms with Gasteiger partial charge in [0, 0.05) is 48.9 Å². The number of hydrogen-bond acceptors (Lipinski definition) is 6. The van der Waals surface area contributed by atoms with E-state index in [0.717, 1.165) is 41.2 Å². The van der Waals surface area contributed by atoms with Gasteiger partial charge in [-0.05, 0) is 62.9 Å². The van der Waals surface area contributed by atoms with Crippen LogP contribution in [0.5, 0.6) is 0 Å². The van der Waals surface area contributed by atoms with Gasteiger partial charge in [-0.2, -0.15) is 0 Å². The number of hydrogen-bond donors (Lipinski definition) is 1. The molecule has 0 unspecified atom stereocenters. The van der Waals surface area contributed by atoms with Crippen LogP contribution >= 0.6 is 22.9 Å². The van der Waals surface area contributed by atoms with E-state index in [2.05, 4.69) is 30.6 Å². The Hall–Kier alpha value is -2.09. The molecule has 1 aliphatic rings. The Kier molecular flexibility index (Phi) is 11.9. The van der Waals surface area contributed by atoms with E-state index in [1.54, 1.807) is 6.07 Å². The molecule has 208 valence electrons. The zero-order chi connectivity index (χ0) is 27.7. The number of thiazole rings is 1. The monoisotopic (exact) mass is 559 g/mol. The highest BCUT2D eigenvalue weighted by Gasteiger charge is 2.28. The third-order valence-electron chi connectivity index (χ3n) is 7.54. The summed E-state index contributed by atoms with van der Waals surface area (Å²) < 4.78 is 0.969. The quantitative estimate of drug-likeness (QED) is 0.241. The molecule has 1 amide bonds. The minimum atomic E-state index is -0.502. The molecule has 1 N–H and O–H groups in total. The maximum absolute atomic E-state index is 13.6. The van der Waals surface area contributed by atoms with Crippen LogP contribution in [-0.2, 0) is 20.8 Å². The smallest absolute Gasteiger partial charge is 0.224 e. The molecule has 1 aromatic heterocycles. The summed E-state index contributed by atoms with van der Waals surface area (Å²) in [4.78, 5) is 46.0. The Balaban J connectivity index is 1.67. The van der Waals surface area contributed by atoms with E-state index in [4.69, 9.17) is 16.6 Å². The second-order valence-corrected chi connectivity index (χ2v) is 12.2. The third-order valence-corrected chi connectivity index (χ3v) is 8.81. The van der Waals surface area contributed by atoms with Gasteiger partial charge < -0.3 is 5.32 Å². The zero-order valence-electron chi connectivity index (χ0n) is 23.1. The number of nitrogens with zero attached hydrogens (tertiary/aromatic N) is 2. The molecule has 0 radical (unpaired) electrons. The molecule has 0 aliphatic carbocycles. The minimum Gasteiger partial charge on any atom is -0.353 e. The number of Topliss-reactive ketones (excluding diaryl/α,β-unsaturated/α-hetero) is 2. The van der Waals surface area contributed by atoms with Gasteiger partial charge in [0.05, 0.1) is 21.1 Å². The van der Waals surface area contributed by atoms with Crippen molar-refractivity contribution in [2.24, 2.45) is 11.8 Å². The Morgan fingerprint density at radius 2 is 1.92 bits per heavy atom. The minimum absolute atomic E-state index is 0.0715. The Morgan fingerprint density at radius 1 is 1.18 bits per heavy atom. The van der Waals surface area contributed by atoms with Crippen molar-refractivity contribution in [3.8, 4) is 0 Å². The molecular formula is C30H42ClN3O3S. The van der Waals surface area contributed by atoms with Gasteiger partial charge >= 0.3 is 0 Å². The van der Waals surface area contributed by atoms with Gasteiger partial charge in [-0.1, -0.05) is 45.4 Å². The first-order valence-corrected chi connectivity index (χ1v) is 15.2. The average molecular weight is 560 g/mol. The molecule has 0 bridgehead atoms. The molecule has 1 aliphatic heterocycles. The van der Waals surface area contributed by atoms with Crippen molar-refractivity contribution in [3.05, 3.63) is 40.4 Å². The third kappa shape index (κ3) is 8.99. The molecule has 2 aromatic rings. The van der Waals surface area contributed by atoms with Crippen LogP contribution in [0.1, 0.15) is 77.1 Å². The summed E-state index contributed by atoms with van der Waals surface area (Å²) in [5.74, 6) is -0.277. The SMILES string of the molecule is C=C(CN1CCCC1)C(=O)CC[C@@H](NC(=O)[C@@H](CC(=O)CCC)Cc1nc2ccc(Cl)cc2s1)[C@@H](C)CC. The molecule has 1 saturated heterocycles. The van der Waals surface area contributed by atoms with Gasteiger partial charge in [-0.25, -0.2) is 4.98 Å². The summed E-state index contributed by atoms with van der Waals surface area (Å²) in [6.07, 6.45) is 5.96. The first kappa shape index (κ1) is 30.5. The summed E-state index contributed by atoms with van der Waals surface area (Å²) in [7, 11) is 0. The van der Waals surface area contributed by atoms with Crippen molar-refractivity contribution in [1.82, 2.24) is 15.2 Å². The van der Waals surface area contributed by atoms with Crippen molar-refractivity contribution >= 4 is 50.6 Å². The number of ketones is 2. The second kappa shape index (κ2) is 14.9. The summed E-state index contributed by atoms with van der Waals surface area (Å²) in [6, 6.07) is 5.42. The van der Waals surface area contributed by atoms with Crippen LogP contribution in [0.4, 0.5) is 0 Å². The zero-order valence-corrected chi connectivity index (χ0v) is 24.6. The molecular weight excluding hydrogens is 518 g/mol. The van der Waals surface area contributed by atoms with Crippen molar-refractivity contribution < 1.29 is 14.4 Å². The highest BCUT2D eigenvalue weighted by atomic mass is 35.5. The first-order valence-electron chi connectivity index (χ1n) is 14.0.